The Morgan fingerprint density at radius 2 is 1.66 bits per heavy atom. The van der Waals surface area contributed by atoms with Crippen molar-refractivity contribution < 1.29 is 49.0 Å². The van der Waals surface area contributed by atoms with E-state index in [1.165, 1.54) is 6.07 Å². The quantitative estimate of drug-likeness (QED) is 0.457. The summed E-state index contributed by atoms with van der Waals surface area (Å²) in [7, 11) is 0. The van der Waals surface area contributed by atoms with Gasteiger partial charge in [0.15, 0.2) is 23.2 Å². The zero-order valence-corrected chi connectivity index (χ0v) is 15.6. The van der Waals surface area contributed by atoms with Gasteiger partial charge in [-0.3, -0.25) is 0 Å². The van der Waals surface area contributed by atoms with Crippen LogP contribution in [0.5, 0.6) is 5.75 Å². The van der Waals surface area contributed by atoms with E-state index in [1.807, 2.05) is 0 Å². The molecule has 4 nitrogen and oxygen atoms in total. The Labute approximate surface area is 174 Å². The number of nitrogens with zero attached hydrogens (tertiary/aromatic N) is 2. The third-order valence-corrected chi connectivity index (χ3v) is 4.44. The standard InChI is InChI=1S/C19H11F9N2O2/c20-13-4-15(22)16(5-14(13)21)31-8-11-7-30(17(32-11)19(26,27)28)10-2-1-9(6-29)12(3-10)18(23,24)25/h1-5,11,17H,7-8H2. The number of hydrogen-bond donors (Lipinski definition) is 0. The van der Waals surface area contributed by atoms with Gasteiger partial charge < -0.3 is 14.4 Å². The maximum Gasteiger partial charge on any atom is 0.433 e. The molecule has 0 radical (unpaired) electrons. The zero-order chi connectivity index (χ0) is 23.8. The first-order valence-corrected chi connectivity index (χ1v) is 8.68. The SMILES string of the molecule is N#Cc1ccc(N2CC(COc3cc(F)c(F)cc3F)OC2C(F)(F)F)cc1C(F)(F)F. The van der Waals surface area contributed by atoms with Crippen LogP contribution < -0.4 is 9.64 Å². The lowest BCUT2D eigenvalue weighted by molar-refractivity contribution is -0.215. The zero-order valence-electron chi connectivity index (χ0n) is 15.6. The van der Waals surface area contributed by atoms with E-state index >= 15 is 0 Å². The number of benzene rings is 2. The predicted molar refractivity (Wildman–Crippen MR) is 90.0 cm³/mol. The first kappa shape index (κ1) is 23.5. The largest absolute Gasteiger partial charge is 0.488 e. The van der Waals surface area contributed by atoms with Gasteiger partial charge in [-0.1, -0.05) is 0 Å². The second-order valence-electron chi connectivity index (χ2n) is 6.65. The highest BCUT2D eigenvalue weighted by Gasteiger charge is 2.51. The third kappa shape index (κ3) is 4.85. The van der Waals surface area contributed by atoms with E-state index in [9.17, 15) is 39.5 Å². The van der Waals surface area contributed by atoms with Gasteiger partial charge in [0.05, 0.1) is 23.7 Å². The Bertz CT molecular complexity index is 1050. The van der Waals surface area contributed by atoms with Gasteiger partial charge in [0.25, 0.3) is 0 Å². The highest BCUT2D eigenvalue weighted by Crippen LogP contribution is 2.39. The molecule has 32 heavy (non-hydrogen) atoms. The summed E-state index contributed by atoms with van der Waals surface area (Å²) in [5.41, 5.74) is -2.74. The summed E-state index contributed by atoms with van der Waals surface area (Å²) in [6.45, 7) is -1.37. The van der Waals surface area contributed by atoms with Crippen molar-refractivity contribution in [1.29, 1.82) is 5.26 Å². The fourth-order valence-electron chi connectivity index (χ4n) is 3.04. The first-order valence-electron chi connectivity index (χ1n) is 8.68. The summed E-state index contributed by atoms with van der Waals surface area (Å²) < 4.78 is 129. The van der Waals surface area contributed by atoms with E-state index in [0.29, 0.717) is 17.0 Å². The van der Waals surface area contributed by atoms with E-state index in [4.69, 9.17) is 14.7 Å². The molecule has 2 atom stereocenters. The molecule has 1 aliphatic rings. The van der Waals surface area contributed by atoms with Crippen LogP contribution in [0.4, 0.5) is 45.2 Å². The first-order chi connectivity index (χ1) is 14.8. The number of hydrogen-bond acceptors (Lipinski definition) is 4. The number of ether oxygens (including phenoxy) is 2. The fourth-order valence-corrected chi connectivity index (χ4v) is 3.04. The van der Waals surface area contributed by atoms with E-state index in [0.717, 1.165) is 12.1 Å². The number of halogens is 9. The summed E-state index contributed by atoms with van der Waals surface area (Å²) in [6.07, 6.45) is -14.1. The molecule has 0 aromatic heterocycles. The predicted octanol–water partition coefficient (Wildman–Crippen LogP) is 5.17. The lowest BCUT2D eigenvalue weighted by Gasteiger charge is -2.27. The topological polar surface area (TPSA) is 45.5 Å². The number of anilines is 1. The number of rotatable bonds is 4. The minimum Gasteiger partial charge on any atom is -0.488 e. The maximum atomic E-state index is 13.6. The van der Waals surface area contributed by atoms with Crippen LogP contribution in [-0.4, -0.2) is 31.7 Å². The van der Waals surface area contributed by atoms with E-state index < -0.39 is 77.9 Å². The lowest BCUT2D eigenvalue weighted by Crippen LogP contribution is -2.42. The van der Waals surface area contributed by atoms with Crippen LogP contribution in [0.2, 0.25) is 0 Å². The molecule has 1 saturated heterocycles. The van der Waals surface area contributed by atoms with Crippen molar-refractivity contribution in [1.82, 2.24) is 0 Å². The summed E-state index contributed by atoms with van der Waals surface area (Å²) in [5.74, 6) is -5.06. The molecule has 1 heterocycles. The van der Waals surface area contributed by atoms with E-state index in [1.54, 1.807) is 0 Å². The average molecular weight is 470 g/mol. The molecular weight excluding hydrogens is 459 g/mol. The van der Waals surface area contributed by atoms with Crippen LogP contribution in [0.25, 0.3) is 0 Å². The molecule has 0 spiro atoms. The van der Waals surface area contributed by atoms with Crippen LogP contribution in [0, 0.1) is 28.8 Å². The lowest BCUT2D eigenvalue weighted by atomic mass is 10.1. The molecule has 0 amide bonds. The molecule has 2 unspecified atom stereocenters. The van der Waals surface area contributed by atoms with Crippen LogP contribution in [0.15, 0.2) is 30.3 Å². The molecule has 2 aromatic rings. The normalized spacial score (nSPS) is 19.2. The fraction of sp³-hybridized carbons (Fsp3) is 0.316. The summed E-state index contributed by atoms with van der Waals surface area (Å²) >= 11 is 0. The van der Waals surface area contributed by atoms with Crippen molar-refractivity contribution in [2.45, 2.75) is 24.7 Å². The molecule has 0 bridgehead atoms. The van der Waals surface area contributed by atoms with Crippen LogP contribution in [0.3, 0.4) is 0 Å². The molecule has 13 heteroatoms. The molecule has 1 aliphatic heterocycles. The molecular formula is C19H11F9N2O2. The molecule has 0 saturated carbocycles. The Morgan fingerprint density at radius 1 is 1.00 bits per heavy atom. The minimum atomic E-state index is -5.03. The number of alkyl halides is 6. The van der Waals surface area contributed by atoms with Crippen molar-refractivity contribution in [3.63, 3.8) is 0 Å². The van der Waals surface area contributed by atoms with E-state index in [-0.39, 0.29) is 6.07 Å². The smallest absolute Gasteiger partial charge is 0.433 e. The van der Waals surface area contributed by atoms with Gasteiger partial charge in [0.2, 0.25) is 6.23 Å². The highest BCUT2D eigenvalue weighted by molar-refractivity contribution is 5.56. The van der Waals surface area contributed by atoms with Crippen molar-refractivity contribution in [2.24, 2.45) is 0 Å². The van der Waals surface area contributed by atoms with Crippen LogP contribution in [0.1, 0.15) is 11.1 Å². The van der Waals surface area contributed by atoms with Crippen molar-refractivity contribution in [2.75, 3.05) is 18.1 Å². The van der Waals surface area contributed by atoms with Gasteiger partial charge in [0, 0.05) is 17.8 Å². The van der Waals surface area contributed by atoms with Crippen LogP contribution in [-0.2, 0) is 10.9 Å². The Balaban J connectivity index is 1.86. The average Bonchev–Trinajstić information content (AvgIpc) is 3.13. The van der Waals surface area contributed by atoms with Gasteiger partial charge in [-0.15, -0.1) is 0 Å². The van der Waals surface area contributed by atoms with E-state index in [2.05, 4.69) is 0 Å². The van der Waals surface area contributed by atoms with Gasteiger partial charge in [-0.05, 0) is 18.2 Å². The van der Waals surface area contributed by atoms with Crippen molar-refractivity contribution >= 4 is 5.69 Å². The molecule has 172 valence electrons. The Morgan fingerprint density at radius 3 is 2.25 bits per heavy atom. The summed E-state index contributed by atoms with van der Waals surface area (Å²) in [4.78, 5) is 0.478. The number of nitriles is 1. The molecule has 0 aliphatic carbocycles. The van der Waals surface area contributed by atoms with Gasteiger partial charge in [0.1, 0.15) is 12.7 Å². The molecule has 0 N–H and O–H groups in total. The maximum absolute atomic E-state index is 13.6. The summed E-state index contributed by atoms with van der Waals surface area (Å²) in [6, 6.07) is 3.87. The monoisotopic (exact) mass is 470 g/mol. The van der Waals surface area contributed by atoms with Crippen LogP contribution >= 0.6 is 0 Å². The molecule has 1 fully saturated rings. The molecule has 2 aromatic carbocycles. The molecule has 3 rings (SSSR count). The Hall–Kier alpha value is -3.14. The highest BCUT2D eigenvalue weighted by atomic mass is 19.4. The summed E-state index contributed by atoms with van der Waals surface area (Å²) in [5, 5.41) is 8.83. The third-order valence-electron chi connectivity index (χ3n) is 4.44. The van der Waals surface area contributed by atoms with Gasteiger partial charge in [-0.2, -0.15) is 31.6 Å². The Kier molecular flexibility index (Phi) is 6.19. The van der Waals surface area contributed by atoms with Gasteiger partial charge >= 0.3 is 12.4 Å². The van der Waals surface area contributed by atoms with Crippen molar-refractivity contribution in [3.8, 4) is 11.8 Å². The second kappa shape index (κ2) is 8.42. The second-order valence-corrected chi connectivity index (χ2v) is 6.65. The van der Waals surface area contributed by atoms with Gasteiger partial charge in [-0.25, -0.2) is 13.2 Å². The minimum absolute atomic E-state index is 0.181. The van der Waals surface area contributed by atoms with Crippen molar-refractivity contribution in [3.05, 3.63) is 58.9 Å².